The molecule has 0 aromatic heterocycles. The van der Waals surface area contributed by atoms with E-state index in [1.54, 1.807) is 0 Å². The van der Waals surface area contributed by atoms with Crippen LogP contribution in [0.4, 0.5) is 22.0 Å². The molecule has 0 atom stereocenters. The first-order chi connectivity index (χ1) is 6.87. The first kappa shape index (κ1) is 14.4. The summed E-state index contributed by atoms with van der Waals surface area (Å²) in [4.78, 5) is 0. The Bertz CT molecular complexity index is 198. The van der Waals surface area contributed by atoms with Crippen LogP contribution in [-0.2, 0) is 0 Å². The third-order valence-electron chi connectivity index (χ3n) is 2.10. The molecule has 0 aliphatic heterocycles. The lowest BCUT2D eigenvalue weighted by Gasteiger charge is -2.23. The Morgan fingerprint density at radius 2 is 1.60 bits per heavy atom. The molecule has 0 spiro atoms. The summed E-state index contributed by atoms with van der Waals surface area (Å²) in [5, 5.41) is 0. The number of halogens is 5. The monoisotopic (exact) mass is 230 g/mol. The molecule has 0 bridgehead atoms. The fourth-order valence-corrected chi connectivity index (χ4v) is 1.14. The van der Waals surface area contributed by atoms with Crippen LogP contribution in [0.3, 0.4) is 0 Å². The minimum absolute atomic E-state index is 0.0244. The molecule has 15 heavy (non-hydrogen) atoms. The van der Waals surface area contributed by atoms with Crippen molar-refractivity contribution in [3.63, 3.8) is 0 Å². The van der Waals surface area contributed by atoms with Gasteiger partial charge in [-0.25, -0.2) is 4.39 Å². The Morgan fingerprint density at radius 3 is 2.07 bits per heavy atom. The second-order valence-corrected chi connectivity index (χ2v) is 3.43. The van der Waals surface area contributed by atoms with Crippen LogP contribution in [0.1, 0.15) is 39.0 Å². The van der Waals surface area contributed by atoms with Gasteiger partial charge in [-0.05, 0) is 6.42 Å². The standard InChI is InChI=1S/C10H15F5/c1-2-3-4-5-6-9(12,13)10(14,15)7-8-11/h7-8H,2-6H2,1H3. The average Bonchev–Trinajstić information content (AvgIpc) is 2.12. The minimum atomic E-state index is -4.39. The molecule has 0 aromatic rings. The molecular weight excluding hydrogens is 215 g/mol. The van der Waals surface area contributed by atoms with Gasteiger partial charge in [0.2, 0.25) is 0 Å². The van der Waals surface area contributed by atoms with Crippen LogP contribution in [0.5, 0.6) is 0 Å². The third kappa shape index (κ3) is 4.62. The molecule has 0 heterocycles. The van der Waals surface area contributed by atoms with E-state index in [9.17, 15) is 22.0 Å². The number of rotatable bonds is 7. The van der Waals surface area contributed by atoms with Crippen molar-refractivity contribution < 1.29 is 22.0 Å². The van der Waals surface area contributed by atoms with Gasteiger partial charge in [0, 0.05) is 12.5 Å². The molecule has 90 valence electrons. The summed E-state index contributed by atoms with van der Waals surface area (Å²) in [6, 6.07) is 0. The first-order valence-corrected chi connectivity index (χ1v) is 4.91. The maximum atomic E-state index is 12.8. The number of unbranched alkanes of at least 4 members (excludes halogenated alkanes) is 3. The molecule has 0 nitrogen and oxygen atoms in total. The number of hydrogen-bond donors (Lipinski definition) is 0. The fraction of sp³-hybridized carbons (Fsp3) is 0.800. The normalized spacial score (nSPS) is 13.7. The van der Waals surface area contributed by atoms with E-state index in [4.69, 9.17) is 0 Å². The van der Waals surface area contributed by atoms with E-state index in [-0.39, 0.29) is 6.42 Å². The minimum Gasteiger partial charge on any atom is -0.216 e. The van der Waals surface area contributed by atoms with Gasteiger partial charge in [0.1, 0.15) is 0 Å². The van der Waals surface area contributed by atoms with Crippen molar-refractivity contribution in [3.8, 4) is 0 Å². The lowest BCUT2D eigenvalue weighted by atomic mass is 10.0. The first-order valence-electron chi connectivity index (χ1n) is 4.91. The highest BCUT2D eigenvalue weighted by atomic mass is 19.3. The fourth-order valence-electron chi connectivity index (χ4n) is 1.14. The summed E-state index contributed by atoms with van der Waals surface area (Å²) < 4.78 is 62.4. The topological polar surface area (TPSA) is 0 Å². The van der Waals surface area contributed by atoms with Gasteiger partial charge in [-0.2, -0.15) is 17.6 Å². The van der Waals surface area contributed by atoms with Gasteiger partial charge >= 0.3 is 11.8 Å². The van der Waals surface area contributed by atoms with Gasteiger partial charge in [-0.1, -0.05) is 26.2 Å². The van der Waals surface area contributed by atoms with Crippen LogP contribution in [0.25, 0.3) is 0 Å². The zero-order chi connectivity index (χ0) is 11.9. The second kappa shape index (κ2) is 6.08. The van der Waals surface area contributed by atoms with Crippen molar-refractivity contribution in [1.29, 1.82) is 0 Å². The number of allylic oxidation sites excluding steroid dienone is 1. The predicted molar refractivity (Wildman–Crippen MR) is 48.9 cm³/mol. The molecular formula is C10H15F5. The Balaban J connectivity index is 4.15. The maximum Gasteiger partial charge on any atom is 0.331 e. The Kier molecular flexibility index (Phi) is 5.83. The summed E-state index contributed by atoms with van der Waals surface area (Å²) in [5.74, 6) is -8.56. The van der Waals surface area contributed by atoms with Crippen LogP contribution in [0.15, 0.2) is 12.4 Å². The SMILES string of the molecule is CCCCCCC(F)(F)C(F)(F)C=CF. The molecule has 0 amide bonds. The number of hydrogen-bond acceptors (Lipinski definition) is 0. The van der Waals surface area contributed by atoms with E-state index in [1.807, 2.05) is 6.92 Å². The molecule has 0 N–H and O–H groups in total. The van der Waals surface area contributed by atoms with E-state index < -0.39 is 30.7 Å². The highest BCUT2D eigenvalue weighted by molar-refractivity contribution is 5.00. The molecule has 0 aliphatic carbocycles. The van der Waals surface area contributed by atoms with Gasteiger partial charge < -0.3 is 0 Å². The molecule has 0 aromatic carbocycles. The van der Waals surface area contributed by atoms with Crippen molar-refractivity contribution >= 4 is 0 Å². The van der Waals surface area contributed by atoms with Gasteiger partial charge in [0.25, 0.3) is 0 Å². The highest BCUT2D eigenvalue weighted by Gasteiger charge is 2.53. The van der Waals surface area contributed by atoms with Gasteiger partial charge in [0.05, 0.1) is 6.33 Å². The summed E-state index contributed by atoms with van der Waals surface area (Å²) in [6.07, 6.45) is 0.238. The lowest BCUT2D eigenvalue weighted by molar-refractivity contribution is -0.183. The molecule has 0 saturated heterocycles. The largest absolute Gasteiger partial charge is 0.331 e. The summed E-state index contributed by atoms with van der Waals surface area (Å²) in [6.45, 7) is 1.89. The zero-order valence-electron chi connectivity index (χ0n) is 8.58. The maximum absolute atomic E-state index is 12.8. The van der Waals surface area contributed by atoms with Crippen LogP contribution in [-0.4, -0.2) is 11.8 Å². The summed E-state index contributed by atoms with van der Waals surface area (Å²) in [5.41, 5.74) is 0. The van der Waals surface area contributed by atoms with Crippen LogP contribution < -0.4 is 0 Å². The average molecular weight is 230 g/mol. The van der Waals surface area contributed by atoms with Gasteiger partial charge in [-0.15, -0.1) is 0 Å². The molecule has 0 radical (unpaired) electrons. The molecule has 5 heteroatoms. The van der Waals surface area contributed by atoms with Crippen molar-refractivity contribution in [1.82, 2.24) is 0 Å². The van der Waals surface area contributed by atoms with Crippen molar-refractivity contribution in [2.75, 3.05) is 0 Å². The number of alkyl halides is 4. The van der Waals surface area contributed by atoms with E-state index in [0.717, 1.165) is 12.8 Å². The molecule has 0 aliphatic rings. The summed E-state index contributed by atoms with van der Waals surface area (Å²) >= 11 is 0. The van der Waals surface area contributed by atoms with E-state index in [0.29, 0.717) is 6.42 Å². The molecule has 0 saturated carbocycles. The van der Waals surface area contributed by atoms with E-state index in [2.05, 4.69) is 0 Å². The van der Waals surface area contributed by atoms with Crippen LogP contribution in [0.2, 0.25) is 0 Å². The summed E-state index contributed by atoms with van der Waals surface area (Å²) in [7, 11) is 0. The Labute approximate surface area is 86.2 Å². The Hall–Kier alpha value is -0.610. The zero-order valence-corrected chi connectivity index (χ0v) is 8.58. The van der Waals surface area contributed by atoms with Gasteiger partial charge in [0.15, 0.2) is 0 Å². The Morgan fingerprint density at radius 1 is 1.00 bits per heavy atom. The van der Waals surface area contributed by atoms with Crippen molar-refractivity contribution in [2.24, 2.45) is 0 Å². The quantitative estimate of drug-likeness (QED) is 0.439. The highest BCUT2D eigenvalue weighted by Crippen LogP contribution is 2.39. The molecule has 0 unspecified atom stereocenters. The van der Waals surface area contributed by atoms with E-state index >= 15 is 0 Å². The molecule has 0 rings (SSSR count). The van der Waals surface area contributed by atoms with Crippen LogP contribution in [0, 0.1) is 0 Å². The van der Waals surface area contributed by atoms with Gasteiger partial charge in [-0.3, -0.25) is 0 Å². The second-order valence-electron chi connectivity index (χ2n) is 3.43. The third-order valence-corrected chi connectivity index (χ3v) is 2.10. The predicted octanol–water partition coefficient (Wildman–Crippen LogP) is 4.71. The van der Waals surface area contributed by atoms with Crippen LogP contribution >= 0.6 is 0 Å². The van der Waals surface area contributed by atoms with E-state index in [1.165, 1.54) is 0 Å². The smallest absolute Gasteiger partial charge is 0.216 e. The van der Waals surface area contributed by atoms with Crippen molar-refractivity contribution in [2.45, 2.75) is 50.9 Å². The van der Waals surface area contributed by atoms with Crippen molar-refractivity contribution in [3.05, 3.63) is 12.4 Å². The molecule has 0 fully saturated rings. The lowest BCUT2D eigenvalue weighted by Crippen LogP contribution is -2.38.